The highest BCUT2D eigenvalue weighted by molar-refractivity contribution is 7.11. The summed E-state index contributed by atoms with van der Waals surface area (Å²) in [5.74, 6) is 0.608. The molecule has 3 atom stereocenters. The first kappa shape index (κ1) is 22.9. The number of rotatable bonds is 7. The van der Waals surface area contributed by atoms with Crippen molar-refractivity contribution in [3.8, 4) is 0 Å². The van der Waals surface area contributed by atoms with E-state index < -0.39 is 6.09 Å². The molecule has 9 nitrogen and oxygen atoms in total. The van der Waals surface area contributed by atoms with Crippen LogP contribution >= 0.6 is 11.3 Å². The fourth-order valence-electron chi connectivity index (χ4n) is 4.24. The lowest BCUT2D eigenvalue weighted by Crippen LogP contribution is -2.46. The molecule has 1 saturated heterocycles. The molecular weight excluding hydrogens is 446 g/mol. The molecule has 3 heterocycles. The molecule has 3 N–H and O–H groups in total. The zero-order chi connectivity index (χ0) is 22.8. The molecule has 2 fully saturated rings. The predicted octanol–water partition coefficient (Wildman–Crippen LogP) is 2.42. The lowest BCUT2D eigenvalue weighted by molar-refractivity contribution is -0.115. The molecule has 0 spiro atoms. The third kappa shape index (κ3) is 5.57. The second-order valence-electron chi connectivity index (χ2n) is 9.02. The average molecular weight is 475 g/mol. The van der Waals surface area contributed by atoms with Crippen molar-refractivity contribution >= 4 is 39.4 Å². The summed E-state index contributed by atoms with van der Waals surface area (Å²) in [4.78, 5) is 29.6. The van der Waals surface area contributed by atoms with Crippen LogP contribution in [0.4, 0.5) is 10.6 Å². The second kappa shape index (κ2) is 9.32. The number of aryl methyl sites for hydroxylation is 1. The minimum atomic E-state index is -0.396. The molecule has 0 bridgehead atoms. The van der Waals surface area contributed by atoms with Crippen molar-refractivity contribution < 1.29 is 19.1 Å². The number of anilines is 1. The van der Waals surface area contributed by atoms with Crippen LogP contribution in [0, 0.1) is 12.8 Å². The van der Waals surface area contributed by atoms with Crippen molar-refractivity contribution in [2.75, 3.05) is 25.1 Å². The van der Waals surface area contributed by atoms with E-state index in [2.05, 4.69) is 36.1 Å². The van der Waals surface area contributed by atoms with Gasteiger partial charge in [-0.2, -0.15) is 5.10 Å². The van der Waals surface area contributed by atoms with Crippen LogP contribution in [0.15, 0.2) is 12.3 Å². The van der Waals surface area contributed by atoms with E-state index in [4.69, 9.17) is 9.47 Å². The Morgan fingerprint density at radius 3 is 3.00 bits per heavy atom. The van der Waals surface area contributed by atoms with E-state index in [1.165, 1.54) is 11.3 Å². The Morgan fingerprint density at radius 1 is 1.44 bits per heavy atom. The molecular formula is C21H28N5O4SSi. The molecule has 2 amide bonds. The van der Waals surface area contributed by atoms with Crippen molar-refractivity contribution in [1.82, 2.24) is 20.5 Å². The van der Waals surface area contributed by atoms with Crippen molar-refractivity contribution in [3.63, 3.8) is 0 Å². The highest BCUT2D eigenvalue weighted by atomic mass is 32.1. The molecule has 32 heavy (non-hydrogen) atoms. The van der Waals surface area contributed by atoms with Crippen LogP contribution in [-0.2, 0) is 25.7 Å². The second-order valence-corrected chi connectivity index (χ2v) is 11.3. The number of nitrogens with one attached hydrogen (secondary N) is 3. The Bertz CT molecular complexity index is 973. The summed E-state index contributed by atoms with van der Waals surface area (Å²) in [7, 11) is 3.92. The molecule has 1 aliphatic carbocycles. The summed E-state index contributed by atoms with van der Waals surface area (Å²) in [6.07, 6.45) is 4.99. The SMILES string of the molecule is Cc1ncc(CC(=O)Nc2cc([C@@]3([Si])CCC(COC(=O)NC4(C)CCOC4)C3)[nH]n2)s1. The largest absolute Gasteiger partial charge is 0.449 e. The van der Waals surface area contributed by atoms with Gasteiger partial charge in [0.25, 0.3) is 0 Å². The minimum Gasteiger partial charge on any atom is -0.449 e. The lowest BCUT2D eigenvalue weighted by atomic mass is 10.0. The molecule has 4 rings (SSSR count). The standard InChI is InChI=1S/C21H28N5O4SSi/c1-13-22-10-15(31-13)7-18(27)23-17-8-16(25-26-17)21(32)4-3-14(9-21)11-30-19(28)24-20(2)5-6-29-12-20/h8,10,14H,3-7,9,11-12H2,1-2H3,(H,24,28)(H2,23,25,26,27)/t14?,20?,21-/m1/s1. The molecule has 0 aromatic carbocycles. The fraction of sp³-hybridized carbons (Fsp3) is 0.619. The van der Waals surface area contributed by atoms with Gasteiger partial charge in [0.15, 0.2) is 5.82 Å². The number of carbonyl (C=O) groups excluding carboxylic acids is 2. The van der Waals surface area contributed by atoms with E-state index in [0.29, 0.717) is 25.6 Å². The molecule has 2 unspecified atom stereocenters. The van der Waals surface area contributed by atoms with E-state index in [-0.39, 0.29) is 28.8 Å². The highest BCUT2D eigenvalue weighted by Crippen LogP contribution is 2.41. The summed E-state index contributed by atoms with van der Waals surface area (Å²) < 4.78 is 10.8. The van der Waals surface area contributed by atoms with Gasteiger partial charge in [0, 0.05) is 39.7 Å². The third-order valence-electron chi connectivity index (χ3n) is 6.05. The number of amides is 2. The highest BCUT2D eigenvalue weighted by Gasteiger charge is 2.39. The van der Waals surface area contributed by atoms with Crippen LogP contribution < -0.4 is 10.6 Å². The van der Waals surface area contributed by atoms with Crippen LogP contribution in [0.1, 0.15) is 48.2 Å². The van der Waals surface area contributed by atoms with Gasteiger partial charge < -0.3 is 20.1 Å². The number of alkyl carbamates (subject to hydrolysis) is 1. The third-order valence-corrected chi connectivity index (χ3v) is 7.69. The number of hydrogen-bond acceptors (Lipinski definition) is 7. The van der Waals surface area contributed by atoms with E-state index in [9.17, 15) is 9.59 Å². The number of nitrogens with zero attached hydrogens (tertiary/aromatic N) is 2. The van der Waals surface area contributed by atoms with Gasteiger partial charge in [-0.05, 0) is 50.5 Å². The van der Waals surface area contributed by atoms with Gasteiger partial charge in [-0.25, -0.2) is 9.78 Å². The first-order chi connectivity index (χ1) is 15.2. The molecule has 1 saturated carbocycles. The summed E-state index contributed by atoms with van der Waals surface area (Å²) in [6, 6.07) is 1.86. The van der Waals surface area contributed by atoms with Gasteiger partial charge >= 0.3 is 6.09 Å². The topological polar surface area (TPSA) is 118 Å². The Kier molecular flexibility index (Phi) is 6.68. The average Bonchev–Trinajstić information content (AvgIpc) is 3.50. The number of aromatic amines is 1. The first-order valence-electron chi connectivity index (χ1n) is 10.8. The van der Waals surface area contributed by atoms with E-state index in [1.807, 2.05) is 19.9 Å². The zero-order valence-electron chi connectivity index (χ0n) is 18.3. The summed E-state index contributed by atoms with van der Waals surface area (Å²) in [5.41, 5.74) is 0.557. The molecule has 2 aromatic rings. The molecule has 11 heteroatoms. The number of aromatic nitrogens is 3. The lowest BCUT2D eigenvalue weighted by Gasteiger charge is -2.24. The van der Waals surface area contributed by atoms with Gasteiger partial charge in [-0.3, -0.25) is 9.89 Å². The van der Waals surface area contributed by atoms with Gasteiger partial charge in [-0.15, -0.1) is 11.3 Å². The van der Waals surface area contributed by atoms with Crippen LogP contribution in [0.2, 0.25) is 0 Å². The van der Waals surface area contributed by atoms with Gasteiger partial charge in [0.1, 0.15) is 0 Å². The number of hydrogen-bond donors (Lipinski definition) is 3. The van der Waals surface area contributed by atoms with Gasteiger partial charge in [0.05, 0.1) is 30.2 Å². The maximum Gasteiger partial charge on any atom is 0.407 e. The Hall–Kier alpha value is -2.24. The van der Waals surface area contributed by atoms with E-state index in [0.717, 1.165) is 41.3 Å². The number of H-pyrrole nitrogens is 1. The van der Waals surface area contributed by atoms with Crippen molar-refractivity contribution in [1.29, 1.82) is 0 Å². The van der Waals surface area contributed by atoms with Crippen LogP contribution in [0.25, 0.3) is 0 Å². The minimum absolute atomic E-state index is 0.125. The number of carbonyl (C=O) groups is 2. The summed E-state index contributed by atoms with van der Waals surface area (Å²) in [5, 5.41) is 13.7. The molecule has 171 valence electrons. The van der Waals surface area contributed by atoms with E-state index in [1.54, 1.807) is 6.20 Å². The molecule has 2 aromatic heterocycles. The first-order valence-corrected chi connectivity index (χ1v) is 12.1. The molecule has 3 radical (unpaired) electrons. The van der Waals surface area contributed by atoms with Crippen LogP contribution in [-0.4, -0.2) is 62.8 Å². The molecule has 1 aliphatic heterocycles. The van der Waals surface area contributed by atoms with Crippen molar-refractivity contribution in [3.05, 3.63) is 27.8 Å². The monoisotopic (exact) mass is 474 g/mol. The van der Waals surface area contributed by atoms with Gasteiger partial charge in [0.2, 0.25) is 5.91 Å². The Morgan fingerprint density at radius 2 is 2.28 bits per heavy atom. The van der Waals surface area contributed by atoms with Crippen LogP contribution in [0.5, 0.6) is 0 Å². The predicted molar refractivity (Wildman–Crippen MR) is 121 cm³/mol. The van der Waals surface area contributed by atoms with Crippen molar-refractivity contribution in [2.45, 2.75) is 56.5 Å². The number of thiazole rings is 1. The fourth-order valence-corrected chi connectivity index (χ4v) is 5.59. The maximum absolute atomic E-state index is 12.3. The summed E-state index contributed by atoms with van der Waals surface area (Å²) in [6.45, 7) is 5.41. The van der Waals surface area contributed by atoms with Gasteiger partial charge in [-0.1, -0.05) is 0 Å². The quantitative estimate of drug-likeness (QED) is 0.531. The maximum atomic E-state index is 12.3. The Labute approximate surface area is 194 Å². The molecule has 2 aliphatic rings. The van der Waals surface area contributed by atoms with E-state index >= 15 is 0 Å². The summed E-state index contributed by atoms with van der Waals surface area (Å²) >= 11 is 1.51. The number of ether oxygens (including phenoxy) is 2. The van der Waals surface area contributed by atoms with Crippen LogP contribution in [0.3, 0.4) is 0 Å². The normalized spacial score (nSPS) is 27.4. The Balaban J connectivity index is 1.25. The van der Waals surface area contributed by atoms with Crippen molar-refractivity contribution in [2.24, 2.45) is 5.92 Å². The smallest absolute Gasteiger partial charge is 0.407 e. The zero-order valence-corrected chi connectivity index (χ0v) is 20.1.